The molecule has 1 rings (SSSR count). The summed E-state index contributed by atoms with van der Waals surface area (Å²) in [5.41, 5.74) is 6.78. The van der Waals surface area contributed by atoms with Crippen LogP contribution in [0.4, 0.5) is 4.39 Å². The van der Waals surface area contributed by atoms with Gasteiger partial charge in [-0.1, -0.05) is 36.7 Å². The Balaban J connectivity index is 0.00000196. The van der Waals surface area contributed by atoms with Gasteiger partial charge in [-0.2, -0.15) is 0 Å². The van der Waals surface area contributed by atoms with Gasteiger partial charge in [0.2, 0.25) is 0 Å². The van der Waals surface area contributed by atoms with Crippen LogP contribution in [0.15, 0.2) is 22.7 Å². The Hall–Kier alpha value is -0.120. The first kappa shape index (κ1) is 14.9. The Morgan fingerprint density at radius 3 is 2.20 bits per heavy atom. The van der Waals surface area contributed by atoms with Crippen molar-refractivity contribution in [3.63, 3.8) is 0 Å². The lowest BCUT2D eigenvalue weighted by Gasteiger charge is -2.27. The maximum absolute atomic E-state index is 13.1. The third-order valence-electron chi connectivity index (χ3n) is 2.18. The van der Waals surface area contributed by atoms with E-state index in [1.54, 1.807) is 0 Å². The molecule has 0 saturated carbocycles. The maximum Gasteiger partial charge on any atom is 0.124 e. The van der Waals surface area contributed by atoms with E-state index in [4.69, 9.17) is 5.73 Å². The first-order chi connectivity index (χ1) is 6.30. The molecule has 1 nitrogen and oxygen atoms in total. The molecule has 0 aliphatic rings. The van der Waals surface area contributed by atoms with Gasteiger partial charge >= 0.3 is 0 Å². The third-order valence-corrected chi connectivity index (χ3v) is 2.63. The van der Waals surface area contributed by atoms with Gasteiger partial charge in [-0.3, -0.25) is 0 Å². The molecule has 1 aromatic carbocycles. The van der Waals surface area contributed by atoms with Crippen molar-refractivity contribution in [2.75, 3.05) is 0 Å². The van der Waals surface area contributed by atoms with E-state index in [0.717, 1.165) is 10.0 Å². The largest absolute Gasteiger partial charge is 0.324 e. The molecule has 0 aromatic heterocycles. The molecule has 0 amide bonds. The second-order valence-electron chi connectivity index (χ2n) is 4.55. The van der Waals surface area contributed by atoms with Crippen molar-refractivity contribution in [3.05, 3.63) is 34.1 Å². The van der Waals surface area contributed by atoms with Crippen LogP contribution in [0.5, 0.6) is 0 Å². The normalized spacial score (nSPS) is 13.2. The molecule has 4 heteroatoms. The standard InChI is InChI=1S/C11H15BrFN.ClH/c1-11(2,3)10(14)7-4-8(12)6-9(13)5-7;/h4-6,10H,14H2,1-3H3;1H/t10-;/m1./s1. The quantitative estimate of drug-likeness (QED) is 0.831. The maximum atomic E-state index is 13.1. The van der Waals surface area contributed by atoms with Crippen LogP contribution in [-0.2, 0) is 0 Å². The van der Waals surface area contributed by atoms with Crippen LogP contribution < -0.4 is 5.73 Å². The van der Waals surface area contributed by atoms with Crippen molar-refractivity contribution in [2.24, 2.45) is 11.1 Å². The lowest BCUT2D eigenvalue weighted by molar-refractivity contribution is 0.326. The Bertz CT molecular complexity index is 316. The molecular weight excluding hydrogens is 280 g/mol. The Morgan fingerprint density at radius 1 is 1.27 bits per heavy atom. The van der Waals surface area contributed by atoms with Crippen molar-refractivity contribution in [2.45, 2.75) is 26.8 Å². The Labute approximate surface area is 105 Å². The molecule has 0 unspecified atom stereocenters. The molecule has 0 spiro atoms. The number of hydrogen-bond acceptors (Lipinski definition) is 1. The fourth-order valence-corrected chi connectivity index (χ4v) is 1.74. The summed E-state index contributed by atoms with van der Waals surface area (Å²) in [5.74, 6) is -0.255. The molecule has 15 heavy (non-hydrogen) atoms. The summed E-state index contributed by atoms with van der Waals surface area (Å²) >= 11 is 3.25. The molecule has 2 N–H and O–H groups in total. The molecule has 0 bridgehead atoms. The van der Waals surface area contributed by atoms with E-state index in [9.17, 15) is 4.39 Å². The van der Waals surface area contributed by atoms with Gasteiger partial charge in [0.25, 0.3) is 0 Å². The van der Waals surface area contributed by atoms with Gasteiger partial charge in [0.15, 0.2) is 0 Å². The van der Waals surface area contributed by atoms with Gasteiger partial charge in [0, 0.05) is 10.5 Å². The monoisotopic (exact) mass is 295 g/mol. The van der Waals surface area contributed by atoms with Crippen molar-refractivity contribution < 1.29 is 4.39 Å². The zero-order chi connectivity index (χ0) is 10.9. The smallest absolute Gasteiger partial charge is 0.124 e. The van der Waals surface area contributed by atoms with Crippen LogP contribution >= 0.6 is 28.3 Å². The van der Waals surface area contributed by atoms with E-state index in [2.05, 4.69) is 15.9 Å². The van der Waals surface area contributed by atoms with E-state index in [-0.39, 0.29) is 29.7 Å². The van der Waals surface area contributed by atoms with E-state index in [0.29, 0.717) is 0 Å². The van der Waals surface area contributed by atoms with Crippen LogP contribution in [0, 0.1) is 11.2 Å². The number of benzene rings is 1. The lowest BCUT2D eigenvalue weighted by Crippen LogP contribution is -2.26. The minimum atomic E-state index is -0.255. The molecule has 0 radical (unpaired) electrons. The van der Waals surface area contributed by atoms with Crippen molar-refractivity contribution >= 4 is 28.3 Å². The summed E-state index contributed by atoms with van der Waals surface area (Å²) < 4.78 is 13.8. The zero-order valence-electron chi connectivity index (χ0n) is 9.05. The van der Waals surface area contributed by atoms with Crippen molar-refractivity contribution in [1.29, 1.82) is 0 Å². The van der Waals surface area contributed by atoms with Gasteiger partial charge in [-0.15, -0.1) is 12.4 Å². The average molecular weight is 297 g/mol. The number of hydrogen-bond donors (Lipinski definition) is 1. The molecule has 1 atom stereocenters. The van der Waals surface area contributed by atoms with E-state index < -0.39 is 0 Å². The topological polar surface area (TPSA) is 26.0 Å². The van der Waals surface area contributed by atoms with E-state index in [1.165, 1.54) is 12.1 Å². The molecule has 0 heterocycles. The molecule has 86 valence electrons. The summed E-state index contributed by atoms with van der Waals surface area (Å²) in [5, 5.41) is 0. The third kappa shape index (κ3) is 4.09. The lowest BCUT2D eigenvalue weighted by atomic mass is 9.83. The number of rotatable bonds is 1. The van der Waals surface area contributed by atoms with E-state index in [1.807, 2.05) is 26.8 Å². The van der Waals surface area contributed by atoms with Crippen molar-refractivity contribution in [3.8, 4) is 0 Å². The molecule has 1 aromatic rings. The molecule has 0 aliphatic carbocycles. The zero-order valence-corrected chi connectivity index (χ0v) is 11.5. The highest BCUT2D eigenvalue weighted by atomic mass is 79.9. The van der Waals surface area contributed by atoms with Gasteiger partial charge in [0.05, 0.1) is 0 Å². The predicted octanol–water partition coefficient (Wildman–Crippen LogP) is 4.06. The summed E-state index contributed by atoms with van der Waals surface area (Å²) in [6.07, 6.45) is 0. The highest BCUT2D eigenvalue weighted by molar-refractivity contribution is 9.10. The minimum absolute atomic E-state index is 0. The fourth-order valence-electron chi connectivity index (χ4n) is 1.25. The van der Waals surface area contributed by atoms with Gasteiger partial charge in [-0.05, 0) is 29.2 Å². The predicted molar refractivity (Wildman–Crippen MR) is 67.7 cm³/mol. The molecule has 0 aliphatic heterocycles. The van der Waals surface area contributed by atoms with Crippen molar-refractivity contribution in [1.82, 2.24) is 0 Å². The SMILES string of the molecule is CC(C)(C)[C@H](N)c1cc(F)cc(Br)c1.Cl. The summed E-state index contributed by atoms with van der Waals surface area (Å²) in [7, 11) is 0. The number of nitrogens with two attached hydrogens (primary N) is 1. The van der Waals surface area contributed by atoms with Crippen LogP contribution in [0.3, 0.4) is 0 Å². The van der Waals surface area contributed by atoms with Gasteiger partial charge in [0.1, 0.15) is 5.82 Å². The minimum Gasteiger partial charge on any atom is -0.324 e. The Morgan fingerprint density at radius 2 is 1.80 bits per heavy atom. The van der Waals surface area contributed by atoms with Gasteiger partial charge < -0.3 is 5.73 Å². The van der Waals surface area contributed by atoms with Crippen LogP contribution in [-0.4, -0.2) is 0 Å². The van der Waals surface area contributed by atoms with Crippen LogP contribution in [0.25, 0.3) is 0 Å². The highest BCUT2D eigenvalue weighted by Crippen LogP contribution is 2.31. The van der Waals surface area contributed by atoms with Crippen LogP contribution in [0.1, 0.15) is 32.4 Å². The van der Waals surface area contributed by atoms with Gasteiger partial charge in [-0.25, -0.2) is 4.39 Å². The fraction of sp³-hybridized carbons (Fsp3) is 0.455. The highest BCUT2D eigenvalue weighted by Gasteiger charge is 2.22. The molecular formula is C11H16BrClFN. The molecule has 0 saturated heterocycles. The Kier molecular flexibility index (Phi) is 5.24. The molecule has 0 fully saturated rings. The second kappa shape index (κ2) is 5.28. The van der Waals surface area contributed by atoms with E-state index >= 15 is 0 Å². The second-order valence-corrected chi connectivity index (χ2v) is 5.46. The first-order valence-electron chi connectivity index (χ1n) is 4.52. The summed E-state index contributed by atoms with van der Waals surface area (Å²) in [6.45, 7) is 6.11. The average Bonchev–Trinajstić information content (AvgIpc) is 1.99. The summed E-state index contributed by atoms with van der Waals surface area (Å²) in [4.78, 5) is 0. The number of halogens is 3. The first-order valence-corrected chi connectivity index (χ1v) is 5.31. The summed E-state index contributed by atoms with van der Waals surface area (Å²) in [6, 6.07) is 4.62. The van der Waals surface area contributed by atoms with Crippen LogP contribution in [0.2, 0.25) is 0 Å².